The number of anilines is 1. The van der Waals surface area contributed by atoms with Crippen LogP contribution in [0.15, 0.2) is 21.8 Å². The van der Waals surface area contributed by atoms with Crippen molar-refractivity contribution in [3.63, 3.8) is 0 Å². The van der Waals surface area contributed by atoms with Gasteiger partial charge in [0, 0.05) is 23.6 Å². The minimum Gasteiger partial charge on any atom is -0.477 e. The Morgan fingerprint density at radius 3 is 2.71 bits per heavy atom. The molecule has 0 aliphatic carbocycles. The molecule has 31 heavy (non-hydrogen) atoms. The largest absolute Gasteiger partial charge is 1.00 e. The predicted molar refractivity (Wildman–Crippen MR) is 106 cm³/mol. The van der Waals surface area contributed by atoms with Crippen molar-refractivity contribution in [2.45, 2.75) is 18.3 Å². The Bertz CT molecular complexity index is 979. The molecule has 3 rings (SSSR count). The summed E-state index contributed by atoms with van der Waals surface area (Å²) >= 11 is 2.35. The molecule has 2 aliphatic heterocycles. The minimum atomic E-state index is -1.32. The Morgan fingerprint density at radius 2 is 2.16 bits per heavy atom. The van der Waals surface area contributed by atoms with E-state index >= 15 is 0 Å². The summed E-state index contributed by atoms with van der Waals surface area (Å²) in [4.78, 5) is 57.8. The fourth-order valence-corrected chi connectivity index (χ4v) is 4.76. The molecule has 4 N–H and O–H groups in total. The van der Waals surface area contributed by atoms with Gasteiger partial charge in [-0.1, -0.05) is 5.16 Å². The number of carbonyl (C=O) groups excluding carboxylic acids is 3. The van der Waals surface area contributed by atoms with Crippen molar-refractivity contribution in [2.75, 3.05) is 25.2 Å². The number of nitrogen functional groups attached to an aromatic ring is 1. The number of oxime groups is 1. The maximum Gasteiger partial charge on any atom is 1.00 e. The number of rotatable bonds is 7. The Kier molecular flexibility index (Phi) is 8.48. The number of thioether (sulfide) groups is 1. The molecule has 1 aromatic heterocycles. The molecule has 2 atom stereocenters. The normalized spacial score (nSPS) is 20.3. The molecule has 0 bridgehead atoms. The molecule has 1 aromatic rings. The van der Waals surface area contributed by atoms with Gasteiger partial charge in [-0.3, -0.25) is 19.3 Å². The van der Waals surface area contributed by atoms with E-state index < -0.39 is 35.2 Å². The van der Waals surface area contributed by atoms with Gasteiger partial charge in [0.15, 0.2) is 10.8 Å². The van der Waals surface area contributed by atoms with Crippen molar-refractivity contribution in [3.05, 3.63) is 22.3 Å². The summed E-state index contributed by atoms with van der Waals surface area (Å²) in [7, 11) is 1.25. The number of aromatic nitrogens is 1. The van der Waals surface area contributed by atoms with E-state index in [0.29, 0.717) is 5.57 Å². The summed E-state index contributed by atoms with van der Waals surface area (Å²) in [5, 5.41) is 16.9. The molecule has 2 aliphatic rings. The molecule has 2 amide bonds. The molecular weight excluding hydrogens is 461 g/mol. The Labute approximate surface area is 206 Å². The van der Waals surface area contributed by atoms with Crippen LogP contribution < -0.4 is 40.6 Å². The van der Waals surface area contributed by atoms with E-state index in [2.05, 4.69) is 20.3 Å². The third kappa shape index (κ3) is 5.20. The van der Waals surface area contributed by atoms with E-state index in [4.69, 9.17) is 10.5 Å². The first-order valence-electron chi connectivity index (χ1n) is 8.41. The summed E-state index contributed by atoms with van der Waals surface area (Å²) in [5.74, 6) is -2.98. The van der Waals surface area contributed by atoms with Crippen LogP contribution in [0, 0.1) is 0 Å². The molecule has 2 unspecified atom stereocenters. The van der Waals surface area contributed by atoms with Gasteiger partial charge in [-0.25, -0.2) is 9.78 Å². The van der Waals surface area contributed by atoms with E-state index in [-0.39, 0.29) is 64.2 Å². The van der Waals surface area contributed by atoms with Crippen LogP contribution in [0.25, 0.3) is 0 Å². The minimum absolute atomic E-state index is 0. The average Bonchev–Trinajstić information content (AvgIpc) is 3.13. The number of nitrogens with zero attached hydrogens (tertiary/aromatic N) is 3. The van der Waals surface area contributed by atoms with Crippen LogP contribution in [0.3, 0.4) is 0 Å². The molecular formula is C16H17N5NaO7S2+. The number of carboxylic acid groups (broad SMARTS) is 1. The number of thiazole rings is 1. The van der Waals surface area contributed by atoms with Crippen molar-refractivity contribution in [1.82, 2.24) is 15.2 Å². The van der Waals surface area contributed by atoms with Gasteiger partial charge in [-0.2, -0.15) is 0 Å². The fraction of sp³-hybridized carbons (Fsp3) is 0.375. The topological polar surface area (TPSA) is 174 Å². The number of esters is 1. The summed E-state index contributed by atoms with van der Waals surface area (Å²) in [6, 6.07) is -0.967. The number of aliphatic carboxylic acids is 1. The quantitative estimate of drug-likeness (QED) is 0.117. The number of nitrogens with one attached hydrogen (secondary N) is 1. The molecule has 160 valence electrons. The Morgan fingerprint density at radius 1 is 1.45 bits per heavy atom. The number of β-lactam (4-membered cyclic amide) rings is 1. The van der Waals surface area contributed by atoms with Gasteiger partial charge in [-0.05, 0) is 0 Å². The van der Waals surface area contributed by atoms with Gasteiger partial charge in [0.05, 0.1) is 0 Å². The number of fused-ring (bicyclic) bond motifs is 1. The number of carbonyl (C=O) groups is 4. The van der Waals surface area contributed by atoms with Gasteiger partial charge in [0.2, 0.25) is 0 Å². The molecule has 0 spiro atoms. The molecule has 0 aromatic carbocycles. The predicted octanol–water partition coefficient (Wildman–Crippen LogP) is -3.62. The zero-order chi connectivity index (χ0) is 22.0. The number of ether oxygens (including phenoxy) is 1. The average molecular weight is 478 g/mol. The van der Waals surface area contributed by atoms with Gasteiger partial charge in [-0.15, -0.1) is 23.1 Å². The van der Waals surface area contributed by atoms with Crippen LogP contribution in [-0.4, -0.2) is 75.3 Å². The van der Waals surface area contributed by atoms with Crippen LogP contribution in [-0.2, 0) is 28.8 Å². The van der Waals surface area contributed by atoms with Crippen LogP contribution >= 0.6 is 23.1 Å². The first kappa shape index (κ1) is 25.1. The van der Waals surface area contributed by atoms with Crippen LogP contribution in [0.4, 0.5) is 5.13 Å². The molecule has 0 radical (unpaired) electrons. The van der Waals surface area contributed by atoms with E-state index in [9.17, 15) is 24.3 Å². The summed E-state index contributed by atoms with van der Waals surface area (Å²) in [6.07, 6.45) is 0. The molecule has 15 heteroatoms. The Balaban J connectivity index is 0.00000341. The second kappa shape index (κ2) is 10.5. The number of carboxylic acids is 1. The second-order valence-corrected chi connectivity index (χ2v) is 8.09. The van der Waals surface area contributed by atoms with Gasteiger partial charge in [0.1, 0.15) is 36.5 Å². The van der Waals surface area contributed by atoms with Crippen LogP contribution in [0.2, 0.25) is 0 Å². The van der Waals surface area contributed by atoms with Gasteiger partial charge >= 0.3 is 41.5 Å². The summed E-state index contributed by atoms with van der Waals surface area (Å²) in [5.41, 5.74) is 5.67. The molecule has 12 nitrogen and oxygen atoms in total. The van der Waals surface area contributed by atoms with Crippen molar-refractivity contribution in [2.24, 2.45) is 5.16 Å². The molecule has 3 heterocycles. The standard InChI is InChI=1S/C16H17N5O7S2.Na/c1-6(22)28-3-7-4-29-14-10(13(24)21(14)11(7)15(25)26)19-12(23)9(20-27-2)8-5-30-16(17)18-8;/h5,10,14H,3-4H2,1-2H3,(H2,17,18)(H,19,23)(H,25,26);/q;+1. The number of hydrogen-bond donors (Lipinski definition) is 3. The van der Waals surface area contributed by atoms with Crippen molar-refractivity contribution in [1.29, 1.82) is 0 Å². The van der Waals surface area contributed by atoms with E-state index in [1.807, 2.05) is 0 Å². The number of amides is 2. The van der Waals surface area contributed by atoms with Gasteiger partial charge < -0.3 is 25.7 Å². The third-order valence-corrected chi connectivity index (χ3v) is 6.16. The maximum atomic E-state index is 12.7. The van der Waals surface area contributed by atoms with Crippen LogP contribution in [0.5, 0.6) is 0 Å². The SMILES string of the molecule is CON=C(C(=O)NC1C(=O)N2C(C(=O)O)=C(COC(C)=O)CSC12)c1csc(N)n1.[Na+]. The first-order valence-corrected chi connectivity index (χ1v) is 10.3. The van der Waals surface area contributed by atoms with Gasteiger partial charge in [0.25, 0.3) is 11.8 Å². The summed E-state index contributed by atoms with van der Waals surface area (Å²) in [6.45, 7) is 0.975. The van der Waals surface area contributed by atoms with E-state index in [0.717, 1.165) is 16.2 Å². The van der Waals surface area contributed by atoms with Crippen LogP contribution in [0.1, 0.15) is 12.6 Å². The zero-order valence-electron chi connectivity index (χ0n) is 16.8. The number of hydrogen-bond acceptors (Lipinski definition) is 11. The van der Waals surface area contributed by atoms with Crippen molar-refractivity contribution >= 4 is 57.7 Å². The maximum absolute atomic E-state index is 12.7. The monoisotopic (exact) mass is 478 g/mol. The third-order valence-electron chi connectivity index (χ3n) is 4.15. The molecule has 0 saturated carbocycles. The molecule has 1 saturated heterocycles. The zero-order valence-corrected chi connectivity index (χ0v) is 20.4. The summed E-state index contributed by atoms with van der Waals surface area (Å²) < 4.78 is 4.88. The first-order chi connectivity index (χ1) is 14.2. The van der Waals surface area contributed by atoms with E-state index in [1.54, 1.807) is 0 Å². The van der Waals surface area contributed by atoms with Crippen molar-refractivity contribution < 1.29 is 63.4 Å². The second-order valence-electron chi connectivity index (χ2n) is 6.09. The van der Waals surface area contributed by atoms with E-state index in [1.165, 1.54) is 31.2 Å². The fourth-order valence-electron chi connectivity index (χ4n) is 2.88. The number of nitrogens with two attached hydrogens (primary N) is 1. The Hall–Kier alpha value is -2.13. The smallest absolute Gasteiger partial charge is 0.477 e. The van der Waals surface area contributed by atoms with Crippen molar-refractivity contribution in [3.8, 4) is 0 Å². The molecule has 1 fully saturated rings.